The predicted octanol–water partition coefficient (Wildman–Crippen LogP) is 0.779. The number of nitrogens with zero attached hydrogens (tertiary/aromatic N) is 1. The van der Waals surface area contributed by atoms with Crippen molar-refractivity contribution in [2.24, 2.45) is 0 Å². The Balaban J connectivity index is 3.04. The second-order valence-corrected chi connectivity index (χ2v) is 2.42. The highest BCUT2D eigenvalue weighted by molar-refractivity contribution is 5.47. The lowest BCUT2D eigenvalue weighted by Crippen LogP contribution is -2.06. The van der Waals surface area contributed by atoms with Crippen LogP contribution >= 0.6 is 0 Å². The average molecular weight is 184 g/mol. The van der Waals surface area contributed by atoms with Gasteiger partial charge >= 0.3 is 5.69 Å². The van der Waals surface area contributed by atoms with E-state index in [2.05, 4.69) is 0 Å². The maximum Gasteiger partial charge on any atom is 0.311 e. The van der Waals surface area contributed by atoms with Gasteiger partial charge in [-0.25, -0.2) is 5.48 Å². The van der Waals surface area contributed by atoms with Gasteiger partial charge in [0.25, 0.3) is 0 Å². The van der Waals surface area contributed by atoms with Crippen molar-refractivity contribution in [3.8, 4) is 5.75 Å². The molecule has 0 bridgehead atoms. The van der Waals surface area contributed by atoms with Crippen LogP contribution in [0.1, 0.15) is 5.56 Å². The lowest BCUT2D eigenvalue weighted by molar-refractivity contribution is -0.385. The average Bonchev–Trinajstić information content (AvgIpc) is 2.08. The molecule has 0 atom stereocenters. The minimum Gasteiger partial charge on any atom is -0.502 e. The molecule has 0 saturated carbocycles. The molecule has 0 saturated heterocycles. The normalized spacial score (nSPS) is 9.92. The number of hydroxylamine groups is 1. The van der Waals surface area contributed by atoms with E-state index in [0.29, 0.717) is 5.56 Å². The van der Waals surface area contributed by atoms with Crippen molar-refractivity contribution in [1.82, 2.24) is 5.48 Å². The van der Waals surface area contributed by atoms with Crippen LogP contribution in [-0.4, -0.2) is 15.2 Å². The van der Waals surface area contributed by atoms with Gasteiger partial charge in [0, 0.05) is 12.6 Å². The van der Waals surface area contributed by atoms with E-state index in [1.807, 2.05) is 5.48 Å². The Morgan fingerprint density at radius 3 is 2.77 bits per heavy atom. The number of phenolic OH excluding ortho intramolecular Hbond substituents is 1. The van der Waals surface area contributed by atoms with Crippen LogP contribution < -0.4 is 5.48 Å². The maximum absolute atomic E-state index is 10.3. The minimum atomic E-state index is -0.684. The van der Waals surface area contributed by atoms with Crippen LogP contribution in [0, 0.1) is 10.1 Å². The standard InChI is InChI=1S/C7H8N2O4/c10-7-2-1-5(4-8-11)3-6(7)9(12)13/h1-3,8,10-11H,4H2. The summed E-state index contributed by atoms with van der Waals surface area (Å²) in [5.41, 5.74) is 2.02. The molecule has 13 heavy (non-hydrogen) atoms. The first-order valence-electron chi connectivity index (χ1n) is 3.48. The van der Waals surface area contributed by atoms with E-state index in [9.17, 15) is 10.1 Å². The molecule has 1 aromatic rings. The van der Waals surface area contributed by atoms with Crippen molar-refractivity contribution in [3.05, 3.63) is 33.9 Å². The molecule has 0 radical (unpaired) electrons. The van der Waals surface area contributed by atoms with Crippen LogP contribution in [0.3, 0.4) is 0 Å². The van der Waals surface area contributed by atoms with Gasteiger partial charge < -0.3 is 10.3 Å². The number of nitro groups is 1. The van der Waals surface area contributed by atoms with E-state index >= 15 is 0 Å². The van der Waals surface area contributed by atoms with Gasteiger partial charge in [-0.05, 0) is 11.6 Å². The van der Waals surface area contributed by atoms with Crippen LogP contribution in [0.4, 0.5) is 5.69 Å². The van der Waals surface area contributed by atoms with Crippen molar-refractivity contribution in [2.45, 2.75) is 6.54 Å². The number of benzene rings is 1. The Morgan fingerprint density at radius 1 is 1.54 bits per heavy atom. The van der Waals surface area contributed by atoms with Gasteiger partial charge in [0.15, 0.2) is 5.75 Å². The smallest absolute Gasteiger partial charge is 0.311 e. The lowest BCUT2D eigenvalue weighted by Gasteiger charge is -2.00. The molecule has 0 aromatic heterocycles. The molecule has 6 nitrogen and oxygen atoms in total. The molecule has 3 N–H and O–H groups in total. The molecule has 0 aliphatic heterocycles. The topological polar surface area (TPSA) is 95.6 Å². The molecule has 70 valence electrons. The summed E-state index contributed by atoms with van der Waals surface area (Å²) < 4.78 is 0. The van der Waals surface area contributed by atoms with Crippen LogP contribution in [-0.2, 0) is 6.54 Å². The molecule has 0 spiro atoms. The van der Waals surface area contributed by atoms with Gasteiger partial charge in [-0.2, -0.15) is 0 Å². The molecule has 1 rings (SSSR count). The highest BCUT2D eigenvalue weighted by Crippen LogP contribution is 2.25. The lowest BCUT2D eigenvalue weighted by atomic mass is 10.2. The Labute approximate surface area is 73.5 Å². The summed E-state index contributed by atoms with van der Waals surface area (Å²) in [7, 11) is 0. The zero-order valence-corrected chi connectivity index (χ0v) is 6.60. The third kappa shape index (κ3) is 2.14. The number of nitrogens with one attached hydrogen (secondary N) is 1. The van der Waals surface area contributed by atoms with E-state index < -0.39 is 4.92 Å². The largest absolute Gasteiger partial charge is 0.502 e. The third-order valence-corrected chi connectivity index (χ3v) is 1.52. The number of nitro benzene ring substituents is 1. The number of hydrogen-bond acceptors (Lipinski definition) is 5. The first-order chi connectivity index (χ1) is 6.15. The molecule has 0 amide bonds. The number of hydrogen-bond donors (Lipinski definition) is 3. The zero-order chi connectivity index (χ0) is 9.84. The van der Waals surface area contributed by atoms with Gasteiger partial charge in [-0.1, -0.05) is 6.07 Å². The minimum absolute atomic E-state index is 0.0983. The van der Waals surface area contributed by atoms with Gasteiger partial charge in [0.05, 0.1) is 4.92 Å². The van der Waals surface area contributed by atoms with E-state index in [1.54, 1.807) is 0 Å². The Bertz CT molecular complexity index is 326. The highest BCUT2D eigenvalue weighted by Gasteiger charge is 2.12. The van der Waals surface area contributed by atoms with E-state index in [4.69, 9.17) is 10.3 Å². The van der Waals surface area contributed by atoms with Crippen LogP contribution in [0.25, 0.3) is 0 Å². The highest BCUT2D eigenvalue weighted by atomic mass is 16.6. The second kappa shape index (κ2) is 3.83. The quantitative estimate of drug-likeness (QED) is 0.476. The fraction of sp³-hybridized carbons (Fsp3) is 0.143. The molecule has 0 unspecified atom stereocenters. The SMILES string of the molecule is O=[N+]([O-])c1cc(CNO)ccc1O. The van der Waals surface area contributed by atoms with Crippen molar-refractivity contribution in [1.29, 1.82) is 0 Å². The second-order valence-electron chi connectivity index (χ2n) is 2.42. The van der Waals surface area contributed by atoms with E-state index in [-0.39, 0.29) is 18.0 Å². The van der Waals surface area contributed by atoms with Crippen molar-refractivity contribution >= 4 is 5.69 Å². The summed E-state index contributed by atoms with van der Waals surface area (Å²) in [5.74, 6) is -0.383. The van der Waals surface area contributed by atoms with Crippen LogP contribution in [0.5, 0.6) is 5.75 Å². The molecule has 6 heteroatoms. The van der Waals surface area contributed by atoms with E-state index in [0.717, 1.165) is 0 Å². The van der Waals surface area contributed by atoms with Gasteiger partial charge in [0.2, 0.25) is 0 Å². The fourth-order valence-electron chi connectivity index (χ4n) is 0.916. The summed E-state index contributed by atoms with van der Waals surface area (Å²) in [6.45, 7) is 0.0983. The molecular weight excluding hydrogens is 176 g/mol. The third-order valence-electron chi connectivity index (χ3n) is 1.52. The van der Waals surface area contributed by atoms with Gasteiger partial charge in [-0.15, -0.1) is 0 Å². The van der Waals surface area contributed by atoms with Crippen LogP contribution in [0.15, 0.2) is 18.2 Å². The molecule has 0 heterocycles. The monoisotopic (exact) mass is 184 g/mol. The summed E-state index contributed by atoms with van der Waals surface area (Å²) in [6, 6.07) is 3.88. The number of aromatic hydroxyl groups is 1. The molecule has 0 aliphatic carbocycles. The molecule has 0 aliphatic rings. The van der Waals surface area contributed by atoms with E-state index in [1.165, 1.54) is 18.2 Å². The van der Waals surface area contributed by atoms with Crippen LogP contribution in [0.2, 0.25) is 0 Å². The predicted molar refractivity (Wildman–Crippen MR) is 43.4 cm³/mol. The van der Waals surface area contributed by atoms with Gasteiger partial charge in [0.1, 0.15) is 0 Å². The zero-order valence-electron chi connectivity index (χ0n) is 6.60. The Kier molecular flexibility index (Phi) is 2.78. The van der Waals surface area contributed by atoms with Gasteiger partial charge in [-0.3, -0.25) is 10.1 Å². The summed E-state index contributed by atoms with van der Waals surface area (Å²) >= 11 is 0. The Hall–Kier alpha value is -1.66. The van der Waals surface area contributed by atoms with Crippen molar-refractivity contribution < 1.29 is 15.2 Å². The number of phenols is 1. The fourth-order valence-corrected chi connectivity index (χ4v) is 0.916. The molecule has 0 fully saturated rings. The first-order valence-corrected chi connectivity index (χ1v) is 3.48. The summed E-state index contributed by atoms with van der Waals surface area (Å²) in [6.07, 6.45) is 0. The first kappa shape index (κ1) is 9.43. The molecule has 1 aromatic carbocycles. The van der Waals surface area contributed by atoms with Crippen molar-refractivity contribution in [2.75, 3.05) is 0 Å². The maximum atomic E-state index is 10.3. The summed E-state index contributed by atoms with van der Waals surface area (Å²) in [5, 5.41) is 27.7. The number of rotatable bonds is 3. The van der Waals surface area contributed by atoms with Crippen molar-refractivity contribution in [3.63, 3.8) is 0 Å². The molecular formula is C7H8N2O4. The Morgan fingerprint density at radius 2 is 2.23 bits per heavy atom. The summed E-state index contributed by atoms with van der Waals surface area (Å²) in [4.78, 5) is 9.66.